The van der Waals surface area contributed by atoms with Gasteiger partial charge in [0.2, 0.25) is 5.78 Å². The van der Waals surface area contributed by atoms with Gasteiger partial charge in [0, 0.05) is 14.1 Å². The minimum Gasteiger partial charge on any atom is -0.331 e. The molecule has 2 aromatic heterocycles. The Kier molecular flexibility index (Phi) is 2.39. The molecule has 0 aliphatic heterocycles. The quantitative estimate of drug-likeness (QED) is 0.747. The van der Waals surface area contributed by atoms with Gasteiger partial charge in [0.25, 0.3) is 0 Å². The molecule has 2 aromatic rings. The van der Waals surface area contributed by atoms with E-state index >= 15 is 0 Å². The SMILES string of the molecule is Cn1cncc1C(=O)c1c(Br)nnn1C. The Morgan fingerprint density at radius 2 is 2.20 bits per heavy atom. The van der Waals surface area contributed by atoms with Gasteiger partial charge in [0.05, 0.1) is 12.5 Å². The van der Waals surface area contributed by atoms with E-state index in [2.05, 4.69) is 31.2 Å². The summed E-state index contributed by atoms with van der Waals surface area (Å²) in [6.45, 7) is 0. The third-order valence-corrected chi connectivity index (χ3v) is 2.58. The van der Waals surface area contributed by atoms with Gasteiger partial charge in [-0.15, -0.1) is 5.10 Å². The van der Waals surface area contributed by atoms with Gasteiger partial charge in [0.15, 0.2) is 4.60 Å². The van der Waals surface area contributed by atoms with Crippen molar-refractivity contribution in [2.24, 2.45) is 14.1 Å². The smallest absolute Gasteiger partial charge is 0.231 e. The molecule has 0 N–H and O–H groups in total. The first-order valence-corrected chi connectivity index (χ1v) is 4.96. The first-order valence-electron chi connectivity index (χ1n) is 4.17. The predicted octanol–water partition coefficient (Wildman–Crippen LogP) is 0.542. The van der Waals surface area contributed by atoms with Crippen molar-refractivity contribution < 1.29 is 4.79 Å². The lowest BCUT2D eigenvalue weighted by Crippen LogP contribution is -2.12. The van der Waals surface area contributed by atoms with Crippen LogP contribution in [-0.4, -0.2) is 30.3 Å². The van der Waals surface area contributed by atoms with Crippen LogP contribution in [-0.2, 0) is 14.1 Å². The fourth-order valence-electron chi connectivity index (χ4n) is 1.27. The molecule has 0 aliphatic rings. The number of ketones is 1. The third kappa shape index (κ3) is 1.58. The summed E-state index contributed by atoms with van der Waals surface area (Å²) >= 11 is 3.18. The highest BCUT2D eigenvalue weighted by atomic mass is 79.9. The van der Waals surface area contributed by atoms with Gasteiger partial charge in [-0.25, -0.2) is 9.67 Å². The molecule has 0 radical (unpaired) electrons. The number of hydrogen-bond donors (Lipinski definition) is 0. The van der Waals surface area contributed by atoms with E-state index in [1.165, 1.54) is 10.9 Å². The molecule has 0 amide bonds. The molecule has 0 aromatic carbocycles. The van der Waals surface area contributed by atoms with Crippen molar-refractivity contribution in [2.45, 2.75) is 0 Å². The minimum absolute atomic E-state index is 0.158. The van der Waals surface area contributed by atoms with Gasteiger partial charge in [-0.1, -0.05) is 5.21 Å². The number of carbonyl (C=O) groups excluding carboxylic acids is 1. The normalized spacial score (nSPS) is 10.6. The van der Waals surface area contributed by atoms with Crippen molar-refractivity contribution in [3.05, 3.63) is 28.5 Å². The topological polar surface area (TPSA) is 65.6 Å². The molecule has 15 heavy (non-hydrogen) atoms. The summed E-state index contributed by atoms with van der Waals surface area (Å²) < 4.78 is 3.53. The number of aromatic nitrogens is 5. The molecule has 7 heteroatoms. The van der Waals surface area contributed by atoms with Crippen LogP contribution in [0.1, 0.15) is 16.2 Å². The standard InChI is InChI=1S/C8H8BrN5O/c1-13-4-10-3-5(13)7(15)6-8(9)11-12-14(6)2/h3-4H,1-2H3. The molecule has 0 fully saturated rings. The van der Waals surface area contributed by atoms with Crippen molar-refractivity contribution >= 4 is 21.7 Å². The molecule has 2 heterocycles. The Labute approximate surface area is 94.0 Å². The zero-order valence-electron chi connectivity index (χ0n) is 8.18. The third-order valence-electron chi connectivity index (χ3n) is 2.05. The van der Waals surface area contributed by atoms with Gasteiger partial charge in [-0.05, 0) is 15.9 Å². The second-order valence-electron chi connectivity index (χ2n) is 3.07. The fraction of sp³-hybridized carbons (Fsp3) is 0.250. The van der Waals surface area contributed by atoms with Gasteiger partial charge in [0.1, 0.15) is 11.4 Å². The summed E-state index contributed by atoms with van der Waals surface area (Å²) in [7, 11) is 3.43. The number of hydrogen-bond acceptors (Lipinski definition) is 4. The maximum Gasteiger partial charge on any atom is 0.231 e. The van der Waals surface area contributed by atoms with E-state index < -0.39 is 0 Å². The van der Waals surface area contributed by atoms with E-state index in [4.69, 9.17) is 0 Å². The number of imidazole rings is 1. The van der Waals surface area contributed by atoms with Crippen molar-refractivity contribution in [1.29, 1.82) is 0 Å². The molecule has 0 unspecified atom stereocenters. The molecule has 78 valence electrons. The summed E-state index contributed by atoms with van der Waals surface area (Å²) in [4.78, 5) is 15.9. The van der Waals surface area contributed by atoms with E-state index in [-0.39, 0.29) is 5.78 Å². The Morgan fingerprint density at radius 3 is 2.67 bits per heavy atom. The molecule has 2 rings (SSSR count). The van der Waals surface area contributed by atoms with Crippen LogP contribution in [0, 0.1) is 0 Å². The molecular weight excluding hydrogens is 262 g/mol. The fourth-order valence-corrected chi connectivity index (χ4v) is 1.78. The lowest BCUT2D eigenvalue weighted by molar-refractivity contribution is 0.102. The largest absolute Gasteiger partial charge is 0.331 e. The van der Waals surface area contributed by atoms with Crippen LogP contribution in [0.5, 0.6) is 0 Å². The van der Waals surface area contributed by atoms with Gasteiger partial charge >= 0.3 is 0 Å². The number of aryl methyl sites for hydroxylation is 2. The van der Waals surface area contributed by atoms with Crippen LogP contribution in [0.15, 0.2) is 17.1 Å². The Hall–Kier alpha value is -1.50. The zero-order valence-corrected chi connectivity index (χ0v) is 9.76. The van der Waals surface area contributed by atoms with Crippen molar-refractivity contribution in [3.63, 3.8) is 0 Å². The summed E-state index contributed by atoms with van der Waals surface area (Å²) in [5.74, 6) is -0.158. The van der Waals surface area contributed by atoms with Crippen molar-refractivity contribution in [3.8, 4) is 0 Å². The molecule has 0 atom stereocenters. The summed E-state index contributed by atoms with van der Waals surface area (Å²) in [5.41, 5.74) is 0.916. The highest BCUT2D eigenvalue weighted by Crippen LogP contribution is 2.15. The van der Waals surface area contributed by atoms with Crippen LogP contribution in [0.2, 0.25) is 0 Å². The molecule has 6 nitrogen and oxygen atoms in total. The summed E-state index contributed by atoms with van der Waals surface area (Å²) in [6.07, 6.45) is 3.09. The Morgan fingerprint density at radius 1 is 1.47 bits per heavy atom. The van der Waals surface area contributed by atoms with Gasteiger partial charge in [-0.3, -0.25) is 4.79 Å². The highest BCUT2D eigenvalue weighted by Gasteiger charge is 2.20. The lowest BCUT2D eigenvalue weighted by atomic mass is 10.2. The average Bonchev–Trinajstić information content (AvgIpc) is 2.73. The maximum absolute atomic E-state index is 12.0. The van der Waals surface area contributed by atoms with Crippen molar-refractivity contribution in [2.75, 3.05) is 0 Å². The monoisotopic (exact) mass is 269 g/mol. The molecule has 0 aliphatic carbocycles. The predicted molar refractivity (Wildman–Crippen MR) is 55.3 cm³/mol. The average molecular weight is 270 g/mol. The second-order valence-corrected chi connectivity index (χ2v) is 3.82. The first-order chi connectivity index (χ1) is 7.11. The highest BCUT2D eigenvalue weighted by molar-refractivity contribution is 9.10. The molecule has 0 saturated carbocycles. The Bertz CT molecular complexity index is 495. The molecule has 0 spiro atoms. The summed E-state index contributed by atoms with van der Waals surface area (Å²) in [6, 6.07) is 0. The van der Waals surface area contributed by atoms with Gasteiger partial charge < -0.3 is 4.57 Å². The van der Waals surface area contributed by atoms with E-state index in [1.54, 1.807) is 25.0 Å². The van der Waals surface area contributed by atoms with Crippen LogP contribution in [0.25, 0.3) is 0 Å². The van der Waals surface area contributed by atoms with Crippen LogP contribution in [0.3, 0.4) is 0 Å². The van der Waals surface area contributed by atoms with Crippen LogP contribution < -0.4 is 0 Å². The minimum atomic E-state index is -0.158. The van der Waals surface area contributed by atoms with Crippen LogP contribution in [0.4, 0.5) is 0 Å². The first kappa shape index (κ1) is 10.0. The number of rotatable bonds is 2. The van der Waals surface area contributed by atoms with Crippen LogP contribution >= 0.6 is 15.9 Å². The number of carbonyl (C=O) groups is 1. The van der Waals surface area contributed by atoms with E-state index in [1.807, 2.05) is 0 Å². The van der Waals surface area contributed by atoms with Gasteiger partial charge in [-0.2, -0.15) is 0 Å². The maximum atomic E-state index is 12.0. The Balaban J connectivity index is 2.50. The molecular formula is C8H8BrN5O. The van der Waals surface area contributed by atoms with E-state index in [0.29, 0.717) is 16.0 Å². The number of nitrogens with zero attached hydrogens (tertiary/aromatic N) is 5. The number of halogens is 1. The summed E-state index contributed by atoms with van der Waals surface area (Å²) in [5, 5.41) is 7.50. The van der Waals surface area contributed by atoms with E-state index in [0.717, 1.165) is 0 Å². The zero-order chi connectivity index (χ0) is 11.0. The van der Waals surface area contributed by atoms with Crippen molar-refractivity contribution in [1.82, 2.24) is 24.5 Å². The lowest BCUT2D eigenvalue weighted by Gasteiger charge is -2.01. The second kappa shape index (κ2) is 3.58. The van der Waals surface area contributed by atoms with E-state index in [9.17, 15) is 4.79 Å². The molecule has 0 bridgehead atoms. The molecule has 0 saturated heterocycles.